The molecule has 19 heteroatoms. The number of unbranched alkanes of at least 4 members (excludes halogenated alkanes) is 3. The lowest BCUT2D eigenvalue weighted by Crippen LogP contribution is -2.46. The molecule has 3 heterocycles. The van der Waals surface area contributed by atoms with Crippen molar-refractivity contribution in [2.24, 2.45) is 34.2 Å². The highest BCUT2D eigenvalue weighted by atomic mass is 16.5. The maximum Gasteiger partial charge on any atom is 0.312 e. The van der Waals surface area contributed by atoms with E-state index in [4.69, 9.17) is 16.2 Å². The van der Waals surface area contributed by atoms with Crippen LogP contribution in [0.5, 0.6) is 0 Å². The fourth-order valence-electron chi connectivity index (χ4n) is 10.8. The molecule has 2 atom stereocenters. The van der Waals surface area contributed by atoms with E-state index in [1.807, 2.05) is 56.9 Å². The highest BCUT2D eigenvalue weighted by Gasteiger charge is 2.30. The number of benzene rings is 3. The minimum Gasteiger partial charge on any atom is -0.461 e. The van der Waals surface area contributed by atoms with Crippen LogP contribution in [0.15, 0.2) is 89.6 Å². The van der Waals surface area contributed by atoms with Gasteiger partial charge in [0.2, 0.25) is 11.8 Å². The van der Waals surface area contributed by atoms with Crippen molar-refractivity contribution in [1.29, 1.82) is 0 Å². The molecule has 0 spiro atoms. The summed E-state index contributed by atoms with van der Waals surface area (Å²) in [5, 5.41) is 11.3. The number of aromatic nitrogens is 1. The summed E-state index contributed by atoms with van der Waals surface area (Å²) in [4.78, 5) is 118. The zero-order valence-electron chi connectivity index (χ0n) is 52.0. The molecule has 0 saturated carbocycles. The van der Waals surface area contributed by atoms with E-state index in [9.17, 15) is 38.4 Å². The number of urea groups is 1. The second kappa shape index (κ2) is 34.9. The van der Waals surface area contributed by atoms with Gasteiger partial charge in [0.15, 0.2) is 5.78 Å². The number of nitrogens with two attached hydrogens (primary N) is 2. The van der Waals surface area contributed by atoms with Gasteiger partial charge < -0.3 is 42.4 Å². The number of rotatable bonds is 35. The average molecular weight is 1190 g/mol. The van der Waals surface area contributed by atoms with Crippen molar-refractivity contribution in [2.45, 2.75) is 170 Å². The molecule has 4 aromatic rings. The number of carbonyl (C=O) groups excluding carboxylic acids is 8. The number of ketones is 2. The van der Waals surface area contributed by atoms with Crippen LogP contribution in [0.25, 0.3) is 6.08 Å². The van der Waals surface area contributed by atoms with E-state index in [0.717, 1.165) is 79.4 Å². The fraction of sp³-hybridized carbons (Fsp3) is 0.500. The van der Waals surface area contributed by atoms with Gasteiger partial charge in [-0.3, -0.25) is 43.4 Å². The zero-order chi connectivity index (χ0) is 62.8. The molecule has 2 aliphatic heterocycles. The Bertz CT molecular complexity index is 3060. The molecule has 19 nitrogen and oxygen atoms in total. The Kier molecular flexibility index (Phi) is 27.3. The third kappa shape index (κ3) is 22.6. The molecule has 6 rings (SSSR count). The SMILES string of the molecule is CCCN(CCC)C(=O)C1=Cc2ccc(C(=O)Nc3cnc4c(c3)CN(Cc3ccc(C(=O)NCCCC(=O)OCc5ccc(CC(=O)[C@H](CCCNC(N)=O)NC(=O)[C@@H](CC(=O)CCCCCCC(C)C)C(C)C)cc5)cc3)CC4)cc2N=C(N)C1. The van der Waals surface area contributed by atoms with Crippen LogP contribution in [-0.2, 0) is 61.2 Å². The van der Waals surface area contributed by atoms with Gasteiger partial charge in [0, 0.05) is 118 Å². The smallest absolute Gasteiger partial charge is 0.312 e. The van der Waals surface area contributed by atoms with Crippen molar-refractivity contribution in [2.75, 3.05) is 38.0 Å². The quantitative estimate of drug-likeness (QED) is 0.0185. The normalized spacial score (nSPS) is 13.7. The summed E-state index contributed by atoms with van der Waals surface area (Å²) in [7, 11) is 0. The highest BCUT2D eigenvalue weighted by molar-refractivity contribution is 6.08. The number of hydrogen-bond acceptors (Lipinski definition) is 13. The molecular weight excluding hydrogens is 1100 g/mol. The molecule has 0 bridgehead atoms. The first-order chi connectivity index (χ1) is 41.8. The van der Waals surface area contributed by atoms with Crippen LogP contribution in [-0.4, -0.2) is 107 Å². The van der Waals surface area contributed by atoms with E-state index < -0.39 is 24.0 Å². The molecule has 1 aromatic heterocycles. The summed E-state index contributed by atoms with van der Waals surface area (Å²) in [5.74, 6) is -1.28. The molecule has 2 aliphatic rings. The number of fused-ring (bicyclic) bond motifs is 2. The Morgan fingerprint density at radius 2 is 1.44 bits per heavy atom. The van der Waals surface area contributed by atoms with E-state index in [1.54, 1.807) is 60.8 Å². The third-order valence-corrected chi connectivity index (χ3v) is 15.7. The van der Waals surface area contributed by atoms with Crippen LogP contribution in [0, 0.1) is 17.8 Å². The number of hydrogen-bond donors (Lipinski definition) is 6. The van der Waals surface area contributed by atoms with E-state index in [0.29, 0.717) is 90.8 Å². The number of amides is 6. The first-order valence-corrected chi connectivity index (χ1v) is 31.3. The van der Waals surface area contributed by atoms with Crippen molar-refractivity contribution < 1.29 is 43.1 Å². The lowest BCUT2D eigenvalue weighted by Gasteiger charge is -2.28. The van der Waals surface area contributed by atoms with Gasteiger partial charge in [0.1, 0.15) is 18.2 Å². The van der Waals surface area contributed by atoms with Gasteiger partial charge in [0.25, 0.3) is 11.8 Å². The third-order valence-electron chi connectivity index (χ3n) is 15.7. The molecule has 87 heavy (non-hydrogen) atoms. The number of carbonyl (C=O) groups is 8. The summed E-state index contributed by atoms with van der Waals surface area (Å²) < 4.78 is 5.51. The number of primary amides is 1. The molecule has 0 unspecified atom stereocenters. The maximum absolute atomic E-state index is 13.7. The van der Waals surface area contributed by atoms with E-state index >= 15 is 0 Å². The number of nitrogens with zero attached hydrogens (tertiary/aromatic N) is 4. The van der Waals surface area contributed by atoms with Gasteiger partial charge in [-0.2, -0.15) is 0 Å². The first kappa shape index (κ1) is 68.1. The van der Waals surface area contributed by atoms with Gasteiger partial charge in [-0.25, -0.2) is 9.79 Å². The van der Waals surface area contributed by atoms with Crippen LogP contribution >= 0.6 is 0 Å². The molecule has 6 amide bonds. The Hall–Kier alpha value is -8.06. The number of ether oxygens (including phenoxy) is 1. The molecule has 0 radical (unpaired) electrons. The topological polar surface area (TPSA) is 278 Å². The van der Waals surface area contributed by atoms with Crippen LogP contribution in [0.3, 0.4) is 0 Å². The molecule has 8 N–H and O–H groups in total. The lowest BCUT2D eigenvalue weighted by atomic mass is 9.88. The first-order valence-electron chi connectivity index (χ1n) is 31.3. The Labute approximate surface area is 513 Å². The van der Waals surface area contributed by atoms with Gasteiger partial charge in [-0.1, -0.05) is 110 Å². The average Bonchev–Trinajstić information content (AvgIpc) is 2.61. The summed E-state index contributed by atoms with van der Waals surface area (Å²) >= 11 is 0. The predicted octanol–water partition coefficient (Wildman–Crippen LogP) is 9.84. The molecule has 0 saturated heterocycles. The van der Waals surface area contributed by atoms with Crippen molar-refractivity contribution >= 4 is 70.5 Å². The maximum atomic E-state index is 13.7. The Morgan fingerprint density at radius 1 is 0.747 bits per heavy atom. The van der Waals surface area contributed by atoms with Crippen LogP contribution in [0.4, 0.5) is 16.2 Å². The summed E-state index contributed by atoms with van der Waals surface area (Å²) in [5.41, 5.74) is 19.3. The molecule has 3 aromatic carbocycles. The standard InChI is InChI=1S/C68H92N10O9/c1-7-32-78(33-8-2)67(85)53-36-51-27-28-52(38-60(51)75-62(69)39-53)65(83)74-55-37-54-43-77(34-29-58(54)73-41-55)42-48-23-25-50(26-24-48)64(82)71-30-14-18-63(81)87-44-49-21-19-47(20-22-49)35-61(80)59(17-13-31-72-68(70)86)76-66(84)57(46(5)6)40-56(79)16-12-10-9-11-15-45(3)4/h19-28,36-38,41,45-46,57,59H,7-18,29-35,39-40,42-44H2,1-6H3,(H2,69,75)(H,71,82)(H,74,83)(H,76,84)(H3,70,72,86)/t57-,59-/m0/s1. The second-order valence-corrected chi connectivity index (χ2v) is 23.9. The van der Waals surface area contributed by atoms with Gasteiger partial charge in [0.05, 0.1) is 23.6 Å². The fourth-order valence-corrected chi connectivity index (χ4v) is 10.8. The van der Waals surface area contributed by atoms with E-state index in [-0.39, 0.29) is 92.9 Å². The second-order valence-electron chi connectivity index (χ2n) is 23.9. The Balaban J connectivity index is 0.904. The van der Waals surface area contributed by atoms with Gasteiger partial charge >= 0.3 is 12.0 Å². The minimum absolute atomic E-state index is 0.0259. The van der Waals surface area contributed by atoms with Crippen molar-refractivity contribution in [3.8, 4) is 0 Å². The number of esters is 1. The van der Waals surface area contributed by atoms with Crippen LogP contribution in [0.2, 0.25) is 0 Å². The molecular formula is C68H92N10O9. The van der Waals surface area contributed by atoms with Crippen molar-refractivity contribution in [3.63, 3.8) is 0 Å². The van der Waals surface area contributed by atoms with Crippen LogP contribution < -0.4 is 32.7 Å². The largest absolute Gasteiger partial charge is 0.461 e. The molecule has 468 valence electrons. The Morgan fingerprint density at radius 3 is 2.14 bits per heavy atom. The molecule has 0 aliphatic carbocycles. The number of anilines is 1. The number of pyridine rings is 1. The lowest BCUT2D eigenvalue weighted by molar-refractivity contribution is -0.145. The predicted molar refractivity (Wildman–Crippen MR) is 340 cm³/mol. The monoisotopic (exact) mass is 1190 g/mol. The minimum atomic E-state index is -0.842. The highest BCUT2D eigenvalue weighted by Crippen LogP contribution is 2.30. The number of aliphatic imine (C=N–C) groups is 1. The van der Waals surface area contributed by atoms with Gasteiger partial charge in [-0.05, 0) is 109 Å². The van der Waals surface area contributed by atoms with E-state index in [1.165, 1.54) is 6.42 Å². The van der Waals surface area contributed by atoms with Gasteiger partial charge in [-0.15, -0.1) is 0 Å². The molecule has 0 fully saturated rings. The van der Waals surface area contributed by atoms with Crippen molar-refractivity contribution in [1.82, 2.24) is 30.7 Å². The van der Waals surface area contributed by atoms with Crippen LogP contribution in [0.1, 0.15) is 186 Å². The summed E-state index contributed by atoms with van der Waals surface area (Å²) in [6.07, 6.45) is 13.1. The number of nitrogens with one attached hydrogen (secondary N) is 4. The summed E-state index contributed by atoms with van der Waals surface area (Å²) in [6, 6.07) is 20.2. The number of amidine groups is 1. The van der Waals surface area contributed by atoms with E-state index in [2.05, 4.69) is 50.0 Å². The zero-order valence-corrected chi connectivity index (χ0v) is 52.0. The van der Waals surface area contributed by atoms with Crippen molar-refractivity contribution in [3.05, 3.63) is 129 Å². The summed E-state index contributed by atoms with van der Waals surface area (Å²) in [6.45, 7) is 16.2. The number of Topliss-reactive ketones (excluding diaryl/α,β-unsaturated/α-hetero) is 2.